The Bertz CT molecular complexity index is 615. The first kappa shape index (κ1) is 17.0. The third-order valence-corrected chi connectivity index (χ3v) is 3.88. The molecule has 1 heterocycles. The molecule has 1 N–H and O–H groups in total. The number of rotatable bonds is 3. The lowest BCUT2D eigenvalue weighted by atomic mass is 9.89. The minimum atomic E-state index is -0.641. The fourth-order valence-corrected chi connectivity index (χ4v) is 2.75. The largest absolute Gasteiger partial charge is 0.444 e. The van der Waals surface area contributed by atoms with Gasteiger partial charge in [-0.3, -0.25) is 10.1 Å². The first-order chi connectivity index (χ1) is 10.2. The molecule has 0 saturated heterocycles. The fourth-order valence-electron chi connectivity index (χ4n) is 2.30. The molecule has 0 atom stereocenters. The normalized spacial score (nSPS) is 21.1. The molecule has 6 nitrogen and oxygen atoms in total. The highest BCUT2D eigenvalue weighted by molar-refractivity contribution is 9.10. The van der Waals surface area contributed by atoms with Gasteiger partial charge in [-0.15, -0.1) is 0 Å². The van der Waals surface area contributed by atoms with E-state index < -0.39 is 11.7 Å². The van der Waals surface area contributed by atoms with E-state index in [0.29, 0.717) is 0 Å². The van der Waals surface area contributed by atoms with Gasteiger partial charge < -0.3 is 14.0 Å². The monoisotopic (exact) mass is 372 g/mol. The van der Waals surface area contributed by atoms with Gasteiger partial charge in [0.25, 0.3) is 5.56 Å². The summed E-state index contributed by atoms with van der Waals surface area (Å²) in [5.74, 6) is 0. The van der Waals surface area contributed by atoms with E-state index in [1.807, 2.05) is 0 Å². The molecule has 22 heavy (non-hydrogen) atoms. The number of carbonyl (C=O) groups excluding carboxylic acids is 1. The summed E-state index contributed by atoms with van der Waals surface area (Å²) in [6.07, 6.45) is 2.87. The van der Waals surface area contributed by atoms with Crippen molar-refractivity contribution in [1.29, 1.82) is 0 Å². The van der Waals surface area contributed by atoms with Crippen molar-refractivity contribution in [2.75, 3.05) is 12.4 Å². The molecule has 0 aliphatic heterocycles. The Balaban J connectivity index is 2.17. The predicted molar refractivity (Wildman–Crippen MR) is 87.3 cm³/mol. The lowest BCUT2D eigenvalue weighted by Crippen LogP contribution is -2.38. The highest BCUT2D eigenvalue weighted by Gasteiger charge is 2.31. The van der Waals surface area contributed by atoms with E-state index >= 15 is 0 Å². The average molecular weight is 373 g/mol. The van der Waals surface area contributed by atoms with Gasteiger partial charge in [0.2, 0.25) is 0 Å². The maximum Gasteiger partial charge on any atom is 0.412 e. The Morgan fingerprint density at radius 1 is 1.41 bits per heavy atom. The molecule has 0 spiro atoms. The van der Waals surface area contributed by atoms with Gasteiger partial charge >= 0.3 is 6.09 Å². The number of aromatic nitrogens is 1. The predicted octanol–water partition coefficient (Wildman–Crippen LogP) is 3.31. The van der Waals surface area contributed by atoms with Gasteiger partial charge in [0.1, 0.15) is 11.3 Å². The Morgan fingerprint density at radius 3 is 2.59 bits per heavy atom. The second-order valence-electron chi connectivity index (χ2n) is 6.39. The van der Waals surface area contributed by atoms with Gasteiger partial charge in [0.15, 0.2) is 0 Å². The SMILES string of the molecule is COC1CC(n2cc(Br)cc(NC(=O)OC(C)(C)C)c2=O)C1. The molecule has 0 aromatic carbocycles. The topological polar surface area (TPSA) is 69.6 Å². The van der Waals surface area contributed by atoms with Crippen LogP contribution in [0.3, 0.4) is 0 Å². The molecule has 1 fully saturated rings. The van der Waals surface area contributed by atoms with Crippen LogP contribution in [-0.2, 0) is 9.47 Å². The molecule has 0 unspecified atom stereocenters. The zero-order chi connectivity index (χ0) is 16.5. The van der Waals surface area contributed by atoms with Crippen LogP contribution in [0.15, 0.2) is 21.5 Å². The van der Waals surface area contributed by atoms with Gasteiger partial charge in [-0.2, -0.15) is 0 Å². The third kappa shape index (κ3) is 4.10. The lowest BCUT2D eigenvalue weighted by molar-refractivity contribution is 0.00514. The van der Waals surface area contributed by atoms with Crippen molar-refractivity contribution in [2.24, 2.45) is 0 Å². The van der Waals surface area contributed by atoms with Crippen molar-refractivity contribution in [3.63, 3.8) is 0 Å². The number of anilines is 1. The van der Waals surface area contributed by atoms with Crippen LogP contribution < -0.4 is 10.9 Å². The van der Waals surface area contributed by atoms with Crippen LogP contribution in [-0.4, -0.2) is 29.5 Å². The quantitative estimate of drug-likeness (QED) is 0.883. The number of halogens is 1. The van der Waals surface area contributed by atoms with E-state index in [1.54, 1.807) is 44.7 Å². The maximum absolute atomic E-state index is 12.5. The molecular weight excluding hydrogens is 352 g/mol. The van der Waals surface area contributed by atoms with E-state index in [9.17, 15) is 9.59 Å². The molecule has 1 aliphatic rings. The number of carbonyl (C=O) groups is 1. The summed E-state index contributed by atoms with van der Waals surface area (Å²) < 4.78 is 12.8. The summed E-state index contributed by atoms with van der Waals surface area (Å²) in [5.41, 5.74) is -0.660. The summed E-state index contributed by atoms with van der Waals surface area (Å²) in [5, 5.41) is 2.52. The molecule has 0 radical (unpaired) electrons. The van der Waals surface area contributed by atoms with Crippen LogP contribution in [0.4, 0.5) is 10.5 Å². The molecular formula is C15H21BrN2O4. The zero-order valence-electron chi connectivity index (χ0n) is 13.2. The number of amides is 1. The second kappa shape index (κ2) is 6.42. The van der Waals surface area contributed by atoms with Gasteiger partial charge in [-0.1, -0.05) is 0 Å². The van der Waals surface area contributed by atoms with Crippen LogP contribution in [0.2, 0.25) is 0 Å². The highest BCUT2D eigenvalue weighted by Crippen LogP contribution is 2.33. The van der Waals surface area contributed by atoms with E-state index in [-0.39, 0.29) is 23.4 Å². The van der Waals surface area contributed by atoms with E-state index in [0.717, 1.165) is 17.3 Å². The van der Waals surface area contributed by atoms with Gasteiger partial charge in [0.05, 0.1) is 6.10 Å². The third-order valence-electron chi connectivity index (χ3n) is 3.44. The molecule has 1 saturated carbocycles. The van der Waals surface area contributed by atoms with Crippen molar-refractivity contribution >= 4 is 27.7 Å². The smallest absolute Gasteiger partial charge is 0.412 e. The number of hydrogen-bond acceptors (Lipinski definition) is 4. The zero-order valence-corrected chi connectivity index (χ0v) is 14.8. The molecule has 1 aromatic heterocycles. The molecule has 1 aliphatic carbocycles. The minimum absolute atomic E-state index is 0.0918. The number of hydrogen-bond donors (Lipinski definition) is 1. The van der Waals surface area contributed by atoms with E-state index in [1.165, 1.54) is 0 Å². The number of methoxy groups -OCH3 is 1. The summed E-state index contributed by atoms with van der Waals surface area (Å²) >= 11 is 3.37. The summed E-state index contributed by atoms with van der Waals surface area (Å²) in [6, 6.07) is 1.67. The minimum Gasteiger partial charge on any atom is -0.444 e. The number of nitrogens with one attached hydrogen (secondary N) is 1. The van der Waals surface area contributed by atoms with Crippen LogP contribution in [0.5, 0.6) is 0 Å². The molecule has 0 bridgehead atoms. The van der Waals surface area contributed by atoms with Crippen LogP contribution >= 0.6 is 15.9 Å². The summed E-state index contributed by atoms with van der Waals surface area (Å²) in [4.78, 5) is 24.3. The Morgan fingerprint density at radius 2 is 2.05 bits per heavy atom. The van der Waals surface area contributed by atoms with Crippen molar-refractivity contribution in [2.45, 2.75) is 51.4 Å². The van der Waals surface area contributed by atoms with Crippen molar-refractivity contribution in [3.8, 4) is 0 Å². The number of nitrogens with zero attached hydrogens (tertiary/aromatic N) is 1. The van der Waals surface area contributed by atoms with Gasteiger partial charge in [0, 0.05) is 23.8 Å². The second-order valence-corrected chi connectivity index (χ2v) is 7.31. The molecule has 2 rings (SSSR count). The average Bonchev–Trinajstić information content (AvgIpc) is 2.30. The van der Waals surface area contributed by atoms with Crippen molar-refractivity contribution in [1.82, 2.24) is 4.57 Å². The number of ether oxygens (including phenoxy) is 2. The van der Waals surface area contributed by atoms with Gasteiger partial charge in [-0.25, -0.2) is 4.79 Å². The van der Waals surface area contributed by atoms with Crippen LogP contribution in [0.25, 0.3) is 0 Å². The van der Waals surface area contributed by atoms with Crippen LogP contribution in [0, 0.1) is 0 Å². The van der Waals surface area contributed by atoms with Crippen molar-refractivity contribution in [3.05, 3.63) is 27.1 Å². The Kier molecular flexibility index (Phi) is 4.97. The summed E-state index contributed by atoms with van der Waals surface area (Å²) in [7, 11) is 1.67. The summed E-state index contributed by atoms with van der Waals surface area (Å²) in [6.45, 7) is 5.31. The Labute approximate surface area is 137 Å². The number of pyridine rings is 1. The fraction of sp³-hybridized carbons (Fsp3) is 0.600. The highest BCUT2D eigenvalue weighted by atomic mass is 79.9. The first-order valence-electron chi connectivity index (χ1n) is 7.14. The Hall–Kier alpha value is -1.34. The first-order valence-corrected chi connectivity index (χ1v) is 7.93. The standard InChI is InChI=1S/C15H21BrN2O4/c1-15(2,3)22-14(20)17-12-5-9(16)8-18(13(12)19)10-6-11(7-10)21-4/h5,8,10-11H,6-7H2,1-4H3,(H,17,20). The molecule has 7 heteroatoms. The molecule has 122 valence electrons. The lowest BCUT2D eigenvalue weighted by Gasteiger charge is -2.35. The maximum atomic E-state index is 12.5. The van der Waals surface area contributed by atoms with Crippen LogP contribution in [0.1, 0.15) is 39.7 Å². The molecule has 1 amide bonds. The van der Waals surface area contributed by atoms with E-state index in [2.05, 4.69) is 21.2 Å². The molecule has 1 aromatic rings. The van der Waals surface area contributed by atoms with E-state index in [4.69, 9.17) is 9.47 Å². The van der Waals surface area contributed by atoms with Gasteiger partial charge in [-0.05, 0) is 55.6 Å². The van der Waals surface area contributed by atoms with Crippen molar-refractivity contribution < 1.29 is 14.3 Å².